The molecule has 8 nitrogen and oxygen atoms in total. The summed E-state index contributed by atoms with van der Waals surface area (Å²) in [6.45, 7) is 13.8. The monoisotopic (exact) mass is 461 g/mol. The Labute approximate surface area is 202 Å². The van der Waals surface area contributed by atoms with E-state index in [0.29, 0.717) is 5.82 Å². The molecule has 0 atom stereocenters. The van der Waals surface area contributed by atoms with E-state index in [1.807, 2.05) is 38.1 Å². The SMILES string of the molecule is CCN(CC)c1ccc(NC(=O)C2CCN(c3ccc(-n4nc(C)cc4C)nn3)CC2)c(C)c1. The maximum Gasteiger partial charge on any atom is 0.227 e. The topological polar surface area (TPSA) is 79.2 Å². The average Bonchev–Trinajstić information content (AvgIpc) is 3.19. The van der Waals surface area contributed by atoms with Crippen molar-refractivity contribution in [2.45, 2.75) is 47.5 Å². The predicted molar refractivity (Wildman–Crippen MR) is 137 cm³/mol. The van der Waals surface area contributed by atoms with E-state index in [0.717, 1.165) is 67.5 Å². The Morgan fingerprint density at radius 2 is 1.68 bits per heavy atom. The van der Waals surface area contributed by atoms with Gasteiger partial charge in [0.25, 0.3) is 0 Å². The van der Waals surface area contributed by atoms with Crippen LogP contribution < -0.4 is 15.1 Å². The van der Waals surface area contributed by atoms with Crippen molar-refractivity contribution < 1.29 is 4.79 Å². The van der Waals surface area contributed by atoms with Crippen LogP contribution in [0.15, 0.2) is 36.4 Å². The maximum atomic E-state index is 13.0. The van der Waals surface area contributed by atoms with E-state index in [-0.39, 0.29) is 11.8 Å². The van der Waals surface area contributed by atoms with Crippen LogP contribution in [0.1, 0.15) is 43.6 Å². The number of aromatic nitrogens is 4. The maximum absolute atomic E-state index is 13.0. The molecule has 0 radical (unpaired) electrons. The van der Waals surface area contributed by atoms with E-state index in [9.17, 15) is 4.79 Å². The minimum atomic E-state index is 0.0000372. The lowest BCUT2D eigenvalue weighted by Crippen LogP contribution is -2.38. The number of benzene rings is 1. The molecule has 0 aliphatic carbocycles. The number of hydrogen-bond donors (Lipinski definition) is 1. The summed E-state index contributed by atoms with van der Waals surface area (Å²) in [5, 5.41) is 16.4. The lowest BCUT2D eigenvalue weighted by atomic mass is 9.95. The average molecular weight is 462 g/mol. The van der Waals surface area contributed by atoms with E-state index in [2.05, 4.69) is 63.3 Å². The highest BCUT2D eigenvalue weighted by molar-refractivity contribution is 5.93. The Morgan fingerprint density at radius 1 is 1.00 bits per heavy atom. The molecule has 8 heteroatoms. The highest BCUT2D eigenvalue weighted by Crippen LogP contribution is 2.26. The fourth-order valence-corrected chi connectivity index (χ4v) is 4.64. The minimum Gasteiger partial charge on any atom is -0.372 e. The second-order valence-electron chi connectivity index (χ2n) is 9.01. The van der Waals surface area contributed by atoms with E-state index in [1.165, 1.54) is 5.69 Å². The van der Waals surface area contributed by atoms with Crippen molar-refractivity contribution in [1.29, 1.82) is 0 Å². The van der Waals surface area contributed by atoms with Gasteiger partial charge in [-0.1, -0.05) is 0 Å². The van der Waals surface area contributed by atoms with Gasteiger partial charge in [-0.25, -0.2) is 4.68 Å². The van der Waals surface area contributed by atoms with Gasteiger partial charge in [0.05, 0.1) is 5.69 Å². The summed E-state index contributed by atoms with van der Waals surface area (Å²) in [6, 6.07) is 12.2. The Hall–Kier alpha value is -3.42. The molecule has 0 spiro atoms. The summed E-state index contributed by atoms with van der Waals surface area (Å²) in [6.07, 6.45) is 1.59. The summed E-state index contributed by atoms with van der Waals surface area (Å²) in [4.78, 5) is 17.5. The molecule has 1 aliphatic heterocycles. The van der Waals surface area contributed by atoms with Crippen LogP contribution in [0, 0.1) is 26.7 Å². The Bertz CT molecular complexity index is 1130. The first kappa shape index (κ1) is 23.7. The van der Waals surface area contributed by atoms with E-state index < -0.39 is 0 Å². The first-order valence-electron chi connectivity index (χ1n) is 12.2. The van der Waals surface area contributed by atoms with Crippen molar-refractivity contribution in [3.8, 4) is 5.82 Å². The fourth-order valence-electron chi connectivity index (χ4n) is 4.64. The lowest BCUT2D eigenvalue weighted by Gasteiger charge is -2.32. The second kappa shape index (κ2) is 10.2. The largest absolute Gasteiger partial charge is 0.372 e. The molecule has 1 aromatic carbocycles. The normalized spacial score (nSPS) is 14.3. The summed E-state index contributed by atoms with van der Waals surface area (Å²) < 4.78 is 1.80. The van der Waals surface area contributed by atoms with Crippen LogP contribution in [0.5, 0.6) is 0 Å². The van der Waals surface area contributed by atoms with E-state index in [4.69, 9.17) is 0 Å². The number of piperidine rings is 1. The standard InChI is InChI=1S/C26H35N7O/c1-6-31(7-2)22-8-9-23(18(3)16-22)27-26(34)21-12-14-32(15-13-21)24-10-11-25(29-28-24)33-20(5)17-19(4)30-33/h8-11,16-17,21H,6-7,12-15H2,1-5H3,(H,27,34). The van der Waals surface area contributed by atoms with Crippen LogP contribution in [-0.2, 0) is 4.79 Å². The summed E-state index contributed by atoms with van der Waals surface area (Å²) >= 11 is 0. The van der Waals surface area contributed by atoms with Gasteiger partial charge >= 0.3 is 0 Å². The van der Waals surface area contributed by atoms with Gasteiger partial charge in [-0.2, -0.15) is 5.10 Å². The molecular formula is C26H35N7O. The second-order valence-corrected chi connectivity index (χ2v) is 9.01. The number of anilines is 3. The van der Waals surface area contributed by atoms with E-state index in [1.54, 1.807) is 4.68 Å². The van der Waals surface area contributed by atoms with Crippen LogP contribution in [0.4, 0.5) is 17.2 Å². The first-order valence-corrected chi connectivity index (χ1v) is 12.2. The Balaban J connectivity index is 1.34. The molecule has 34 heavy (non-hydrogen) atoms. The number of aryl methyl sites for hydroxylation is 3. The van der Waals surface area contributed by atoms with Crippen molar-refractivity contribution in [2.24, 2.45) is 5.92 Å². The van der Waals surface area contributed by atoms with Crippen molar-refractivity contribution in [3.63, 3.8) is 0 Å². The summed E-state index contributed by atoms with van der Waals surface area (Å²) in [5.41, 5.74) is 5.17. The predicted octanol–water partition coefficient (Wildman–Crippen LogP) is 4.29. The third kappa shape index (κ3) is 5.05. The molecule has 0 saturated carbocycles. The van der Waals surface area contributed by atoms with Gasteiger partial charge in [0.2, 0.25) is 5.91 Å². The number of nitrogens with one attached hydrogen (secondary N) is 1. The quantitative estimate of drug-likeness (QED) is 0.566. The highest BCUT2D eigenvalue weighted by atomic mass is 16.1. The van der Waals surface area contributed by atoms with E-state index >= 15 is 0 Å². The number of rotatable bonds is 7. The summed E-state index contributed by atoms with van der Waals surface area (Å²) in [5.74, 6) is 1.65. The van der Waals surface area contributed by atoms with Crippen LogP contribution in [0.2, 0.25) is 0 Å². The molecule has 1 fully saturated rings. The molecular weight excluding hydrogens is 426 g/mol. The van der Waals surface area contributed by atoms with Gasteiger partial charge in [-0.3, -0.25) is 4.79 Å². The zero-order valence-corrected chi connectivity index (χ0v) is 20.9. The zero-order chi connectivity index (χ0) is 24.2. The highest BCUT2D eigenvalue weighted by Gasteiger charge is 2.26. The molecule has 1 amide bonds. The van der Waals surface area contributed by atoms with Crippen molar-refractivity contribution >= 4 is 23.1 Å². The number of carbonyl (C=O) groups is 1. The van der Waals surface area contributed by atoms with Crippen LogP contribution >= 0.6 is 0 Å². The van der Waals surface area contributed by atoms with Crippen LogP contribution in [0.3, 0.4) is 0 Å². The fraction of sp³-hybridized carbons (Fsp3) is 0.462. The van der Waals surface area contributed by atoms with Gasteiger partial charge in [0.15, 0.2) is 11.6 Å². The molecule has 4 rings (SSSR count). The number of nitrogens with zero attached hydrogens (tertiary/aromatic N) is 6. The van der Waals surface area contributed by atoms with Crippen molar-refractivity contribution in [2.75, 3.05) is 41.3 Å². The molecule has 3 heterocycles. The van der Waals surface area contributed by atoms with Crippen LogP contribution in [0.25, 0.3) is 5.82 Å². The number of carbonyl (C=O) groups excluding carboxylic acids is 1. The van der Waals surface area contributed by atoms with Gasteiger partial charge < -0.3 is 15.1 Å². The lowest BCUT2D eigenvalue weighted by molar-refractivity contribution is -0.120. The molecule has 0 bridgehead atoms. The third-order valence-corrected chi connectivity index (χ3v) is 6.65. The third-order valence-electron chi connectivity index (χ3n) is 6.65. The van der Waals surface area contributed by atoms with Gasteiger partial charge in [-0.15, -0.1) is 10.2 Å². The Morgan fingerprint density at radius 3 is 2.24 bits per heavy atom. The number of amides is 1. The smallest absolute Gasteiger partial charge is 0.227 e. The van der Waals surface area contributed by atoms with Crippen molar-refractivity contribution in [1.82, 2.24) is 20.0 Å². The molecule has 180 valence electrons. The van der Waals surface area contributed by atoms with Gasteiger partial charge in [0.1, 0.15) is 0 Å². The summed E-state index contributed by atoms with van der Waals surface area (Å²) in [7, 11) is 0. The molecule has 2 aromatic heterocycles. The van der Waals surface area contributed by atoms with Crippen molar-refractivity contribution in [3.05, 3.63) is 53.3 Å². The molecule has 3 aromatic rings. The molecule has 1 aliphatic rings. The zero-order valence-electron chi connectivity index (χ0n) is 20.9. The minimum absolute atomic E-state index is 0.0000372. The molecule has 1 N–H and O–H groups in total. The number of hydrogen-bond acceptors (Lipinski definition) is 6. The molecule has 0 unspecified atom stereocenters. The van der Waals surface area contributed by atoms with Gasteiger partial charge in [-0.05, 0) is 89.4 Å². The van der Waals surface area contributed by atoms with Crippen LogP contribution in [-0.4, -0.2) is 52.1 Å². The Kier molecular flexibility index (Phi) is 7.14. The van der Waals surface area contributed by atoms with Gasteiger partial charge in [0, 0.05) is 49.2 Å². The first-order chi connectivity index (χ1) is 16.4. The molecule has 1 saturated heterocycles.